The molecule has 23 heavy (non-hydrogen) atoms. The fourth-order valence-corrected chi connectivity index (χ4v) is 4.17. The molecule has 1 aromatic carbocycles. The van der Waals surface area contributed by atoms with Crippen molar-refractivity contribution in [2.75, 3.05) is 20.7 Å². The van der Waals surface area contributed by atoms with E-state index in [4.69, 9.17) is 4.74 Å². The Morgan fingerprint density at radius 3 is 2.30 bits per heavy atom. The van der Waals surface area contributed by atoms with Gasteiger partial charge in [-0.1, -0.05) is 30.3 Å². The van der Waals surface area contributed by atoms with Crippen molar-refractivity contribution in [2.24, 2.45) is 0 Å². The molecule has 3 rings (SSSR count). The lowest BCUT2D eigenvalue weighted by Gasteiger charge is -2.44. The van der Waals surface area contributed by atoms with Crippen LogP contribution in [0.15, 0.2) is 30.3 Å². The number of aliphatic hydroxyl groups excluding tert-OH is 1. The summed E-state index contributed by atoms with van der Waals surface area (Å²) in [5.74, 6) is -0.853. The molecule has 1 N–H and O–H groups in total. The number of carbonyl (C=O) groups excluding carboxylic acids is 1. The SMILES string of the molecule is C[N+]1(C)C2CCC1CC(OC(=O)C(CO)c1ccccc1)C2.[I-]. The first-order chi connectivity index (χ1) is 10.5. The highest BCUT2D eigenvalue weighted by molar-refractivity contribution is 5.78. The van der Waals surface area contributed by atoms with Gasteiger partial charge in [0.15, 0.2) is 0 Å². The number of fused-ring (bicyclic) bond motifs is 2. The standard InChI is InChI=1S/C18H26NO3.HI/c1-19(2)14-8-9-15(19)11-16(10-14)22-18(21)17(12-20)13-6-4-3-5-7-13;/h3-7,14-17,20H,8-12H2,1-2H3;1H/q+1;/p-1. The summed E-state index contributed by atoms with van der Waals surface area (Å²) < 4.78 is 6.83. The summed E-state index contributed by atoms with van der Waals surface area (Å²) in [6.45, 7) is -0.204. The molecule has 2 aliphatic rings. The summed E-state index contributed by atoms with van der Waals surface area (Å²) in [7, 11) is 4.59. The van der Waals surface area contributed by atoms with E-state index in [0.29, 0.717) is 12.1 Å². The van der Waals surface area contributed by atoms with Crippen molar-refractivity contribution in [3.05, 3.63) is 35.9 Å². The Morgan fingerprint density at radius 2 is 1.78 bits per heavy atom. The van der Waals surface area contributed by atoms with E-state index in [-0.39, 0.29) is 42.7 Å². The van der Waals surface area contributed by atoms with Crippen LogP contribution >= 0.6 is 0 Å². The third-order valence-corrected chi connectivity index (χ3v) is 5.74. The highest BCUT2D eigenvalue weighted by Crippen LogP contribution is 2.40. The molecule has 5 heteroatoms. The van der Waals surface area contributed by atoms with Crippen molar-refractivity contribution < 1.29 is 43.1 Å². The largest absolute Gasteiger partial charge is 1.00 e. The number of hydrogen-bond acceptors (Lipinski definition) is 3. The second-order valence-corrected chi connectivity index (χ2v) is 7.19. The molecule has 0 spiro atoms. The van der Waals surface area contributed by atoms with Gasteiger partial charge in [-0.05, 0) is 5.56 Å². The average Bonchev–Trinajstić information content (AvgIpc) is 2.68. The smallest absolute Gasteiger partial charge is 0.316 e. The maximum atomic E-state index is 12.5. The zero-order valence-electron chi connectivity index (χ0n) is 13.8. The van der Waals surface area contributed by atoms with Gasteiger partial charge in [0.25, 0.3) is 0 Å². The number of esters is 1. The van der Waals surface area contributed by atoms with Crippen LogP contribution in [0.25, 0.3) is 0 Å². The van der Waals surface area contributed by atoms with Gasteiger partial charge in [0.1, 0.15) is 12.0 Å². The minimum Gasteiger partial charge on any atom is -1.00 e. The van der Waals surface area contributed by atoms with Crippen LogP contribution in [-0.4, -0.2) is 54.4 Å². The molecular weight excluding hydrogens is 405 g/mol. The zero-order chi connectivity index (χ0) is 15.7. The molecule has 2 bridgehead atoms. The van der Waals surface area contributed by atoms with Crippen molar-refractivity contribution in [2.45, 2.75) is 49.8 Å². The Balaban J connectivity index is 0.00000192. The van der Waals surface area contributed by atoms with E-state index >= 15 is 0 Å². The predicted octanol–water partition coefficient (Wildman–Crippen LogP) is -0.920. The van der Waals surface area contributed by atoms with E-state index < -0.39 is 5.92 Å². The average molecular weight is 431 g/mol. The minimum atomic E-state index is -0.566. The maximum absolute atomic E-state index is 12.5. The number of quaternary nitrogens is 1. The fourth-order valence-electron chi connectivity index (χ4n) is 4.17. The molecule has 0 aliphatic carbocycles. The number of halogens is 1. The number of piperidine rings is 1. The molecule has 3 unspecified atom stereocenters. The Hall–Kier alpha value is -0.660. The summed E-state index contributed by atoms with van der Waals surface area (Å²) in [6.07, 6.45) is 4.36. The Morgan fingerprint density at radius 1 is 1.22 bits per heavy atom. The van der Waals surface area contributed by atoms with E-state index in [2.05, 4.69) is 14.1 Å². The van der Waals surface area contributed by atoms with Gasteiger partial charge in [0.2, 0.25) is 0 Å². The molecule has 1 aromatic rings. The maximum Gasteiger partial charge on any atom is 0.316 e. The molecule has 4 nitrogen and oxygen atoms in total. The van der Waals surface area contributed by atoms with Crippen LogP contribution in [0.3, 0.4) is 0 Å². The molecule has 2 fully saturated rings. The van der Waals surface area contributed by atoms with Gasteiger partial charge >= 0.3 is 5.97 Å². The summed E-state index contributed by atoms with van der Waals surface area (Å²) in [4.78, 5) is 12.5. The van der Waals surface area contributed by atoms with Gasteiger partial charge in [-0.25, -0.2) is 0 Å². The normalized spacial score (nSPS) is 29.4. The third-order valence-electron chi connectivity index (χ3n) is 5.74. The quantitative estimate of drug-likeness (QED) is 0.381. The fraction of sp³-hybridized carbons (Fsp3) is 0.611. The Labute approximate surface area is 155 Å². The van der Waals surface area contributed by atoms with Gasteiger partial charge in [-0.15, -0.1) is 0 Å². The number of carbonyl (C=O) groups is 1. The lowest BCUT2D eigenvalue weighted by molar-refractivity contribution is -0.931. The monoisotopic (exact) mass is 431 g/mol. The first-order valence-electron chi connectivity index (χ1n) is 8.22. The number of ether oxygens (including phenoxy) is 1. The van der Waals surface area contributed by atoms with Crippen LogP contribution in [0.4, 0.5) is 0 Å². The minimum absolute atomic E-state index is 0. The third kappa shape index (κ3) is 3.72. The van der Waals surface area contributed by atoms with E-state index in [0.717, 1.165) is 22.9 Å². The zero-order valence-corrected chi connectivity index (χ0v) is 16.0. The van der Waals surface area contributed by atoms with E-state index in [9.17, 15) is 9.90 Å². The molecule has 2 heterocycles. The Bertz CT molecular complexity index is 518. The van der Waals surface area contributed by atoms with Crippen molar-refractivity contribution in [3.63, 3.8) is 0 Å². The van der Waals surface area contributed by atoms with Crippen molar-refractivity contribution in [3.8, 4) is 0 Å². The number of nitrogens with zero attached hydrogens (tertiary/aromatic N) is 1. The molecule has 2 aliphatic heterocycles. The van der Waals surface area contributed by atoms with E-state index in [1.54, 1.807) is 0 Å². The summed E-state index contributed by atoms with van der Waals surface area (Å²) >= 11 is 0. The van der Waals surface area contributed by atoms with Crippen molar-refractivity contribution in [1.29, 1.82) is 0 Å². The van der Waals surface area contributed by atoms with Crippen LogP contribution in [-0.2, 0) is 9.53 Å². The molecule has 0 aromatic heterocycles. The number of benzene rings is 1. The summed E-state index contributed by atoms with van der Waals surface area (Å²) in [5, 5.41) is 9.57. The van der Waals surface area contributed by atoms with Gasteiger partial charge in [-0.2, -0.15) is 0 Å². The highest BCUT2D eigenvalue weighted by Gasteiger charge is 2.50. The van der Waals surface area contributed by atoms with E-state index in [1.165, 1.54) is 12.8 Å². The van der Waals surface area contributed by atoms with Crippen LogP contribution in [0.5, 0.6) is 0 Å². The van der Waals surface area contributed by atoms with Gasteiger partial charge in [0, 0.05) is 25.7 Å². The summed E-state index contributed by atoms with van der Waals surface area (Å²) in [5.41, 5.74) is 0.824. The van der Waals surface area contributed by atoms with Crippen LogP contribution in [0.2, 0.25) is 0 Å². The predicted molar refractivity (Wildman–Crippen MR) is 84.3 cm³/mol. The molecule has 0 saturated carbocycles. The molecule has 2 saturated heterocycles. The second kappa shape index (κ2) is 7.49. The first kappa shape index (κ1) is 18.7. The van der Waals surface area contributed by atoms with Crippen LogP contribution < -0.4 is 24.0 Å². The topological polar surface area (TPSA) is 46.5 Å². The first-order valence-corrected chi connectivity index (χ1v) is 8.22. The van der Waals surface area contributed by atoms with Crippen LogP contribution in [0, 0.1) is 0 Å². The number of aliphatic hydroxyl groups is 1. The molecule has 3 atom stereocenters. The van der Waals surface area contributed by atoms with Crippen LogP contribution in [0.1, 0.15) is 37.2 Å². The second-order valence-electron chi connectivity index (χ2n) is 7.19. The summed E-state index contributed by atoms with van der Waals surface area (Å²) in [6, 6.07) is 10.6. The molecule has 128 valence electrons. The van der Waals surface area contributed by atoms with Gasteiger partial charge in [-0.3, -0.25) is 4.79 Å². The lowest BCUT2D eigenvalue weighted by atomic mass is 9.96. The molecule has 0 amide bonds. The number of rotatable bonds is 4. The van der Waals surface area contributed by atoms with E-state index in [1.807, 2.05) is 30.3 Å². The van der Waals surface area contributed by atoms with Crippen molar-refractivity contribution >= 4 is 5.97 Å². The Kier molecular flexibility index (Phi) is 6.08. The van der Waals surface area contributed by atoms with Gasteiger partial charge in [0.05, 0.1) is 32.8 Å². The molecular formula is C18H26INO3. The highest BCUT2D eigenvalue weighted by atomic mass is 127. The van der Waals surface area contributed by atoms with Gasteiger partial charge < -0.3 is 38.3 Å². The van der Waals surface area contributed by atoms with Crippen molar-refractivity contribution in [1.82, 2.24) is 0 Å². The molecule has 0 radical (unpaired) electrons. The number of hydrogen-bond donors (Lipinski definition) is 1. The lowest BCUT2D eigenvalue weighted by Crippen LogP contribution is -3.00.